The molecule has 0 spiro atoms. The van der Waals surface area contributed by atoms with E-state index in [0.29, 0.717) is 12.6 Å². The molecule has 2 rings (SSSR count). The summed E-state index contributed by atoms with van der Waals surface area (Å²) in [6.45, 7) is 1.89. The third kappa shape index (κ3) is 2.86. The van der Waals surface area contributed by atoms with E-state index in [-0.39, 0.29) is 12.6 Å². The number of aliphatic hydroxyl groups excluding tert-OH is 1. The van der Waals surface area contributed by atoms with Crippen LogP contribution in [0.3, 0.4) is 0 Å². The number of rotatable bonds is 4. The highest BCUT2D eigenvalue weighted by Crippen LogP contribution is 2.27. The quantitative estimate of drug-likeness (QED) is 0.830. The molecule has 1 aliphatic rings. The van der Waals surface area contributed by atoms with E-state index in [2.05, 4.69) is 17.0 Å². The van der Waals surface area contributed by atoms with Crippen LogP contribution in [0.5, 0.6) is 0 Å². The van der Waals surface area contributed by atoms with E-state index in [1.165, 1.54) is 18.4 Å². The molecule has 0 saturated carbocycles. The van der Waals surface area contributed by atoms with Crippen molar-refractivity contribution >= 4 is 0 Å². The van der Waals surface area contributed by atoms with Crippen molar-refractivity contribution in [3.05, 3.63) is 35.9 Å². The fourth-order valence-corrected chi connectivity index (χ4v) is 2.76. The molecule has 2 unspecified atom stereocenters. The average Bonchev–Trinajstić information content (AvgIpc) is 2.41. The van der Waals surface area contributed by atoms with Gasteiger partial charge in [0.05, 0.1) is 12.6 Å². The number of piperidine rings is 1. The van der Waals surface area contributed by atoms with Crippen LogP contribution in [0.1, 0.15) is 30.9 Å². The number of nitrogens with zero attached hydrogens (tertiary/aromatic N) is 1. The van der Waals surface area contributed by atoms with Gasteiger partial charge in [-0.3, -0.25) is 4.90 Å². The number of hydrogen-bond acceptors (Lipinski definition) is 3. The summed E-state index contributed by atoms with van der Waals surface area (Å²) < 4.78 is 0. The molecule has 2 atom stereocenters. The lowest BCUT2D eigenvalue weighted by Gasteiger charge is -2.40. The maximum atomic E-state index is 9.66. The fraction of sp³-hybridized carbons (Fsp3) is 0.571. The second-order valence-corrected chi connectivity index (χ2v) is 4.73. The molecule has 3 N–H and O–H groups in total. The lowest BCUT2D eigenvalue weighted by Crippen LogP contribution is -2.46. The molecule has 0 bridgehead atoms. The monoisotopic (exact) mass is 234 g/mol. The van der Waals surface area contributed by atoms with E-state index in [1.807, 2.05) is 18.2 Å². The smallest absolute Gasteiger partial charge is 0.0628 e. The van der Waals surface area contributed by atoms with E-state index in [9.17, 15) is 5.11 Å². The van der Waals surface area contributed by atoms with Crippen molar-refractivity contribution in [1.82, 2.24) is 4.90 Å². The van der Waals surface area contributed by atoms with E-state index in [0.717, 1.165) is 13.0 Å². The van der Waals surface area contributed by atoms with Crippen molar-refractivity contribution in [3.63, 3.8) is 0 Å². The molecular weight excluding hydrogens is 212 g/mol. The lowest BCUT2D eigenvalue weighted by atomic mass is 9.96. The molecule has 1 aliphatic heterocycles. The summed E-state index contributed by atoms with van der Waals surface area (Å²) in [6, 6.07) is 10.8. The first-order valence-electron chi connectivity index (χ1n) is 6.48. The highest BCUT2D eigenvalue weighted by molar-refractivity contribution is 5.19. The van der Waals surface area contributed by atoms with E-state index in [1.54, 1.807) is 0 Å². The molecule has 0 amide bonds. The number of likely N-dealkylation sites (tertiary alicyclic amines) is 1. The Balaban J connectivity index is 2.16. The van der Waals surface area contributed by atoms with Crippen LogP contribution in [-0.2, 0) is 0 Å². The summed E-state index contributed by atoms with van der Waals surface area (Å²) in [6.07, 6.45) is 3.62. The van der Waals surface area contributed by atoms with Crippen LogP contribution in [0.4, 0.5) is 0 Å². The molecule has 0 radical (unpaired) electrons. The Bertz CT molecular complexity index is 328. The van der Waals surface area contributed by atoms with Gasteiger partial charge in [0, 0.05) is 12.6 Å². The third-order valence-electron chi connectivity index (χ3n) is 3.70. The Hall–Kier alpha value is -0.900. The van der Waals surface area contributed by atoms with Gasteiger partial charge in [-0.15, -0.1) is 0 Å². The van der Waals surface area contributed by atoms with Gasteiger partial charge < -0.3 is 10.8 Å². The second kappa shape index (κ2) is 6.15. The van der Waals surface area contributed by atoms with Gasteiger partial charge in [-0.25, -0.2) is 0 Å². The van der Waals surface area contributed by atoms with Crippen molar-refractivity contribution in [2.24, 2.45) is 5.73 Å². The summed E-state index contributed by atoms with van der Waals surface area (Å²) >= 11 is 0. The molecule has 17 heavy (non-hydrogen) atoms. The highest BCUT2D eigenvalue weighted by atomic mass is 16.3. The van der Waals surface area contributed by atoms with Crippen LogP contribution in [0.2, 0.25) is 0 Å². The Kier molecular flexibility index (Phi) is 4.54. The Morgan fingerprint density at radius 2 is 2.06 bits per heavy atom. The molecule has 1 aromatic carbocycles. The van der Waals surface area contributed by atoms with E-state index >= 15 is 0 Å². The Morgan fingerprint density at radius 1 is 1.29 bits per heavy atom. The molecule has 1 heterocycles. The van der Waals surface area contributed by atoms with Crippen molar-refractivity contribution in [2.75, 3.05) is 19.7 Å². The molecule has 1 aromatic rings. The van der Waals surface area contributed by atoms with Crippen LogP contribution in [0.25, 0.3) is 0 Å². The molecule has 1 saturated heterocycles. The lowest BCUT2D eigenvalue weighted by molar-refractivity contribution is 0.0600. The van der Waals surface area contributed by atoms with Crippen LogP contribution in [0, 0.1) is 0 Å². The highest BCUT2D eigenvalue weighted by Gasteiger charge is 2.28. The fourth-order valence-electron chi connectivity index (χ4n) is 2.76. The van der Waals surface area contributed by atoms with Gasteiger partial charge in [0.25, 0.3) is 0 Å². The summed E-state index contributed by atoms with van der Waals surface area (Å²) in [5.74, 6) is 0. The van der Waals surface area contributed by atoms with Gasteiger partial charge in [-0.1, -0.05) is 36.8 Å². The van der Waals surface area contributed by atoms with Gasteiger partial charge in [-0.2, -0.15) is 0 Å². The van der Waals surface area contributed by atoms with Crippen LogP contribution >= 0.6 is 0 Å². The second-order valence-electron chi connectivity index (χ2n) is 4.73. The number of nitrogens with two attached hydrogens (primary N) is 1. The van der Waals surface area contributed by atoms with Gasteiger partial charge in [0.2, 0.25) is 0 Å². The van der Waals surface area contributed by atoms with Crippen LogP contribution < -0.4 is 5.73 Å². The molecule has 0 aliphatic carbocycles. The van der Waals surface area contributed by atoms with Crippen molar-refractivity contribution in [3.8, 4) is 0 Å². The first kappa shape index (κ1) is 12.6. The van der Waals surface area contributed by atoms with Crippen molar-refractivity contribution in [1.29, 1.82) is 0 Å². The normalized spacial score (nSPS) is 23.5. The van der Waals surface area contributed by atoms with Crippen LogP contribution in [-0.4, -0.2) is 35.7 Å². The minimum absolute atomic E-state index is 0.102. The van der Waals surface area contributed by atoms with E-state index in [4.69, 9.17) is 5.73 Å². The molecule has 1 fully saturated rings. The predicted molar refractivity (Wildman–Crippen MR) is 69.7 cm³/mol. The van der Waals surface area contributed by atoms with Crippen molar-refractivity contribution < 1.29 is 5.11 Å². The summed E-state index contributed by atoms with van der Waals surface area (Å²) in [5, 5.41) is 9.66. The number of hydrogen-bond donors (Lipinski definition) is 2. The summed E-state index contributed by atoms with van der Waals surface area (Å²) in [7, 11) is 0. The zero-order chi connectivity index (χ0) is 12.1. The third-order valence-corrected chi connectivity index (χ3v) is 3.70. The van der Waals surface area contributed by atoms with Gasteiger partial charge in [0.15, 0.2) is 0 Å². The molecule has 0 aromatic heterocycles. The summed E-state index contributed by atoms with van der Waals surface area (Å²) in [4.78, 5) is 2.37. The minimum Gasteiger partial charge on any atom is -0.394 e. The average molecular weight is 234 g/mol. The molecular formula is C14H22N2O. The zero-order valence-corrected chi connectivity index (χ0v) is 10.3. The standard InChI is InChI=1S/C14H22N2O/c15-10-13-8-4-5-9-16(13)14(11-17)12-6-2-1-3-7-12/h1-3,6-7,13-14,17H,4-5,8-11,15H2. The van der Waals surface area contributed by atoms with Gasteiger partial charge in [0.1, 0.15) is 0 Å². The number of benzene rings is 1. The molecule has 3 nitrogen and oxygen atoms in total. The van der Waals surface area contributed by atoms with Gasteiger partial charge >= 0.3 is 0 Å². The SMILES string of the molecule is NCC1CCCCN1C(CO)c1ccccc1. The molecule has 94 valence electrons. The Labute approximate surface area is 103 Å². The zero-order valence-electron chi connectivity index (χ0n) is 10.3. The maximum Gasteiger partial charge on any atom is 0.0628 e. The Morgan fingerprint density at radius 3 is 2.71 bits per heavy atom. The predicted octanol–water partition coefficient (Wildman–Crippen LogP) is 1.53. The first-order chi connectivity index (χ1) is 8.36. The molecule has 3 heteroatoms. The minimum atomic E-state index is 0.102. The summed E-state index contributed by atoms with van der Waals surface area (Å²) in [5.41, 5.74) is 7.03. The number of aliphatic hydroxyl groups is 1. The van der Waals surface area contributed by atoms with Crippen molar-refractivity contribution in [2.45, 2.75) is 31.3 Å². The first-order valence-corrected chi connectivity index (χ1v) is 6.48. The maximum absolute atomic E-state index is 9.66. The van der Waals surface area contributed by atoms with Crippen LogP contribution in [0.15, 0.2) is 30.3 Å². The largest absolute Gasteiger partial charge is 0.394 e. The van der Waals surface area contributed by atoms with E-state index < -0.39 is 0 Å². The topological polar surface area (TPSA) is 49.5 Å². The van der Waals surface area contributed by atoms with Gasteiger partial charge in [-0.05, 0) is 24.9 Å².